The van der Waals surface area contributed by atoms with Gasteiger partial charge in [0.05, 0.1) is 0 Å². The van der Waals surface area contributed by atoms with Crippen LogP contribution in [0.3, 0.4) is 0 Å². The van der Waals surface area contributed by atoms with E-state index < -0.39 is 17.7 Å². The van der Waals surface area contributed by atoms with Gasteiger partial charge in [0.1, 0.15) is 18.2 Å². The summed E-state index contributed by atoms with van der Waals surface area (Å²) in [7, 11) is 0. The number of ether oxygens (including phenoxy) is 1. The standard InChI is InChI=1S/C28H39N3O4/c1-8-21(4)31(24(32)18-30-27(34)35-28(5,6)7)25(23-15-14-19(2)16-20(23)3)26(33)29-17-22-12-10-9-11-13-22/h9-16,21,25H,8,17-18H2,1-7H3,(H,29,33)(H,30,34). The predicted octanol–water partition coefficient (Wildman–Crippen LogP) is 4.81. The molecule has 2 rings (SSSR count). The molecule has 0 saturated carbocycles. The van der Waals surface area contributed by atoms with Gasteiger partial charge in [-0.25, -0.2) is 4.79 Å². The number of benzene rings is 2. The highest BCUT2D eigenvalue weighted by Crippen LogP contribution is 2.28. The normalized spacial score (nSPS) is 12.9. The van der Waals surface area contributed by atoms with E-state index in [-0.39, 0.29) is 24.4 Å². The summed E-state index contributed by atoms with van der Waals surface area (Å²) in [5, 5.41) is 5.55. The molecule has 2 atom stereocenters. The molecule has 2 N–H and O–H groups in total. The molecule has 7 heteroatoms. The number of rotatable bonds is 9. The predicted molar refractivity (Wildman–Crippen MR) is 138 cm³/mol. The van der Waals surface area contributed by atoms with Crippen LogP contribution in [0.2, 0.25) is 0 Å². The van der Waals surface area contributed by atoms with Gasteiger partial charge in [0, 0.05) is 12.6 Å². The SMILES string of the molecule is CCC(C)N(C(=O)CNC(=O)OC(C)(C)C)C(C(=O)NCc1ccccc1)c1ccc(C)cc1C. The van der Waals surface area contributed by atoms with Crippen molar-refractivity contribution in [2.24, 2.45) is 0 Å². The molecule has 0 heterocycles. The number of aryl methyl sites for hydroxylation is 2. The smallest absolute Gasteiger partial charge is 0.408 e. The summed E-state index contributed by atoms with van der Waals surface area (Å²) in [6.45, 7) is 13.2. The van der Waals surface area contributed by atoms with E-state index in [9.17, 15) is 14.4 Å². The Morgan fingerprint density at radius 2 is 1.66 bits per heavy atom. The van der Waals surface area contributed by atoms with Crippen LogP contribution in [-0.2, 0) is 20.9 Å². The van der Waals surface area contributed by atoms with E-state index in [0.29, 0.717) is 13.0 Å². The lowest BCUT2D eigenvalue weighted by Gasteiger charge is -2.36. The monoisotopic (exact) mass is 481 g/mol. The Bertz CT molecular complexity index is 1010. The Morgan fingerprint density at radius 3 is 2.23 bits per heavy atom. The van der Waals surface area contributed by atoms with Crippen LogP contribution >= 0.6 is 0 Å². The van der Waals surface area contributed by atoms with Gasteiger partial charge in [-0.2, -0.15) is 0 Å². The van der Waals surface area contributed by atoms with E-state index in [1.54, 1.807) is 25.7 Å². The first-order chi connectivity index (χ1) is 16.4. The number of amides is 3. The van der Waals surface area contributed by atoms with Gasteiger partial charge in [0.25, 0.3) is 0 Å². The molecular formula is C28H39N3O4. The number of hydrogen-bond acceptors (Lipinski definition) is 4. The summed E-state index contributed by atoms with van der Waals surface area (Å²) in [6.07, 6.45) is -0.0301. The lowest BCUT2D eigenvalue weighted by atomic mass is 9.95. The summed E-state index contributed by atoms with van der Waals surface area (Å²) in [6, 6.07) is 14.4. The minimum atomic E-state index is -0.845. The second kappa shape index (κ2) is 12.4. The summed E-state index contributed by atoms with van der Waals surface area (Å²) in [5.41, 5.74) is 3.04. The third kappa shape index (κ3) is 8.42. The molecule has 0 aliphatic heterocycles. The van der Waals surface area contributed by atoms with Gasteiger partial charge in [-0.1, -0.05) is 61.0 Å². The molecule has 0 fully saturated rings. The Kier molecular flexibility index (Phi) is 9.87. The first-order valence-electron chi connectivity index (χ1n) is 12.1. The molecule has 190 valence electrons. The maximum absolute atomic E-state index is 13.6. The molecule has 0 saturated heterocycles. The number of alkyl carbamates (subject to hydrolysis) is 1. The van der Waals surface area contributed by atoms with Crippen LogP contribution < -0.4 is 10.6 Å². The number of carbonyl (C=O) groups excluding carboxylic acids is 3. The van der Waals surface area contributed by atoms with Gasteiger partial charge in [-0.05, 0) is 64.7 Å². The minimum Gasteiger partial charge on any atom is -0.444 e. The van der Waals surface area contributed by atoms with Crippen LogP contribution in [0.4, 0.5) is 4.79 Å². The summed E-state index contributed by atoms with van der Waals surface area (Å²) in [4.78, 5) is 40.8. The van der Waals surface area contributed by atoms with E-state index in [4.69, 9.17) is 4.74 Å². The van der Waals surface area contributed by atoms with E-state index >= 15 is 0 Å². The van der Waals surface area contributed by atoms with Crippen molar-refractivity contribution >= 4 is 17.9 Å². The van der Waals surface area contributed by atoms with E-state index in [1.807, 2.05) is 76.2 Å². The van der Waals surface area contributed by atoms with Crippen LogP contribution in [-0.4, -0.2) is 41.0 Å². The topological polar surface area (TPSA) is 87.7 Å². The maximum atomic E-state index is 13.6. The fraction of sp³-hybridized carbons (Fsp3) is 0.464. The highest BCUT2D eigenvalue weighted by atomic mass is 16.6. The quantitative estimate of drug-likeness (QED) is 0.538. The van der Waals surface area contributed by atoms with Gasteiger partial charge in [0.2, 0.25) is 11.8 Å². The Morgan fingerprint density at radius 1 is 1.00 bits per heavy atom. The largest absolute Gasteiger partial charge is 0.444 e. The Labute approximate surface area is 209 Å². The van der Waals surface area contributed by atoms with Crippen LogP contribution in [0, 0.1) is 13.8 Å². The van der Waals surface area contributed by atoms with Crippen molar-refractivity contribution in [2.75, 3.05) is 6.54 Å². The fourth-order valence-corrected chi connectivity index (χ4v) is 3.83. The average Bonchev–Trinajstić information content (AvgIpc) is 2.79. The van der Waals surface area contributed by atoms with Crippen LogP contribution in [0.5, 0.6) is 0 Å². The number of nitrogens with one attached hydrogen (secondary N) is 2. The van der Waals surface area contributed by atoms with Crippen LogP contribution in [0.15, 0.2) is 48.5 Å². The molecule has 7 nitrogen and oxygen atoms in total. The van der Waals surface area contributed by atoms with Gasteiger partial charge < -0.3 is 20.3 Å². The molecule has 0 aliphatic carbocycles. The number of nitrogens with zero attached hydrogens (tertiary/aromatic N) is 1. The van der Waals surface area contributed by atoms with Gasteiger partial charge in [-0.3, -0.25) is 9.59 Å². The maximum Gasteiger partial charge on any atom is 0.408 e. The molecule has 2 aromatic carbocycles. The van der Waals surface area contributed by atoms with Gasteiger partial charge >= 0.3 is 6.09 Å². The zero-order chi connectivity index (χ0) is 26.2. The van der Waals surface area contributed by atoms with Crippen molar-refractivity contribution in [2.45, 2.75) is 79.1 Å². The molecule has 35 heavy (non-hydrogen) atoms. The lowest BCUT2D eigenvalue weighted by Crippen LogP contribution is -2.51. The first kappa shape index (κ1) is 27.9. The van der Waals surface area contributed by atoms with Gasteiger partial charge in [-0.15, -0.1) is 0 Å². The molecule has 2 unspecified atom stereocenters. The molecule has 2 aromatic rings. The highest BCUT2D eigenvalue weighted by Gasteiger charge is 2.35. The van der Waals surface area contributed by atoms with Crippen molar-refractivity contribution in [3.8, 4) is 0 Å². The van der Waals surface area contributed by atoms with Crippen LogP contribution in [0.25, 0.3) is 0 Å². The summed E-state index contributed by atoms with van der Waals surface area (Å²) >= 11 is 0. The Balaban J connectivity index is 2.36. The molecular weight excluding hydrogens is 442 g/mol. The molecule has 0 radical (unpaired) electrons. The Hall–Kier alpha value is -3.35. The second-order valence-electron chi connectivity index (χ2n) is 9.88. The minimum absolute atomic E-state index is 0.240. The summed E-state index contributed by atoms with van der Waals surface area (Å²) < 4.78 is 5.27. The van der Waals surface area contributed by atoms with E-state index in [2.05, 4.69) is 10.6 Å². The van der Waals surface area contributed by atoms with Crippen molar-refractivity contribution in [1.29, 1.82) is 0 Å². The van der Waals surface area contributed by atoms with Crippen molar-refractivity contribution in [1.82, 2.24) is 15.5 Å². The van der Waals surface area contributed by atoms with Crippen LogP contribution in [0.1, 0.15) is 69.3 Å². The van der Waals surface area contributed by atoms with E-state index in [0.717, 1.165) is 22.3 Å². The molecule has 0 aliphatic rings. The zero-order valence-corrected chi connectivity index (χ0v) is 22.0. The lowest BCUT2D eigenvalue weighted by molar-refractivity contribution is -0.142. The third-order valence-corrected chi connectivity index (χ3v) is 5.69. The van der Waals surface area contributed by atoms with Crippen molar-refractivity contribution in [3.05, 3.63) is 70.8 Å². The van der Waals surface area contributed by atoms with Crippen molar-refractivity contribution < 1.29 is 19.1 Å². The molecule has 0 aromatic heterocycles. The highest BCUT2D eigenvalue weighted by molar-refractivity contribution is 5.91. The second-order valence-corrected chi connectivity index (χ2v) is 9.88. The molecule has 0 spiro atoms. The zero-order valence-electron chi connectivity index (χ0n) is 22.0. The van der Waals surface area contributed by atoms with Crippen molar-refractivity contribution in [3.63, 3.8) is 0 Å². The number of hydrogen-bond donors (Lipinski definition) is 2. The number of carbonyl (C=O) groups is 3. The fourth-order valence-electron chi connectivity index (χ4n) is 3.83. The molecule has 0 bridgehead atoms. The molecule has 3 amide bonds. The average molecular weight is 482 g/mol. The van der Waals surface area contributed by atoms with Gasteiger partial charge in [0.15, 0.2) is 0 Å². The third-order valence-electron chi connectivity index (χ3n) is 5.69. The first-order valence-corrected chi connectivity index (χ1v) is 12.1. The summed E-state index contributed by atoms with van der Waals surface area (Å²) in [5.74, 6) is -0.628. The van der Waals surface area contributed by atoms with E-state index in [1.165, 1.54) is 0 Å².